The van der Waals surface area contributed by atoms with Crippen LogP contribution in [0.1, 0.15) is 22.8 Å². The zero-order valence-electron chi connectivity index (χ0n) is 18.2. The monoisotopic (exact) mass is 478 g/mol. The summed E-state index contributed by atoms with van der Waals surface area (Å²) in [6.07, 6.45) is 1.33. The van der Waals surface area contributed by atoms with E-state index in [-0.39, 0.29) is 29.0 Å². The molecular formula is C26H20ClFN2O4. The number of anilines is 1. The van der Waals surface area contributed by atoms with Crippen LogP contribution in [0, 0.1) is 5.82 Å². The fraction of sp³-hybridized carbons (Fsp3) is 0.115. The lowest BCUT2D eigenvalue weighted by atomic mass is 10.0. The minimum atomic E-state index is -0.619. The highest BCUT2D eigenvalue weighted by Crippen LogP contribution is 2.19. The standard InChI is InChI=1S/C26H20ClFN2O4/c1-2-34-20-10-8-19(9-11-20)29-24(31)15-30-14-22(25(32)16-3-5-17(27)6-4-16)26(33)21-13-18(28)7-12-23(21)30/h3-14H,2,15H2,1H3,(H,29,31). The highest BCUT2D eigenvalue weighted by molar-refractivity contribution is 6.30. The molecule has 1 aromatic heterocycles. The molecule has 0 aliphatic heterocycles. The second-order valence-corrected chi connectivity index (χ2v) is 7.94. The largest absolute Gasteiger partial charge is 0.494 e. The number of benzene rings is 3. The Balaban J connectivity index is 1.69. The van der Waals surface area contributed by atoms with Crippen molar-refractivity contribution in [1.29, 1.82) is 0 Å². The first-order chi connectivity index (χ1) is 16.4. The van der Waals surface area contributed by atoms with Gasteiger partial charge in [-0.05, 0) is 73.7 Å². The number of rotatable bonds is 7. The molecule has 0 radical (unpaired) electrons. The Labute approximate surface area is 199 Å². The topological polar surface area (TPSA) is 77.4 Å². The second-order valence-electron chi connectivity index (χ2n) is 7.50. The van der Waals surface area contributed by atoms with Crippen LogP contribution in [0.15, 0.2) is 77.7 Å². The number of ether oxygens (including phenoxy) is 1. The number of hydrogen-bond donors (Lipinski definition) is 1. The molecule has 34 heavy (non-hydrogen) atoms. The van der Waals surface area contributed by atoms with E-state index in [1.165, 1.54) is 47.2 Å². The van der Waals surface area contributed by atoms with E-state index in [9.17, 15) is 18.8 Å². The van der Waals surface area contributed by atoms with Gasteiger partial charge in [0.25, 0.3) is 0 Å². The average molecular weight is 479 g/mol. The summed E-state index contributed by atoms with van der Waals surface area (Å²) in [5, 5.41) is 3.22. The molecule has 4 rings (SSSR count). The number of hydrogen-bond acceptors (Lipinski definition) is 4. The minimum Gasteiger partial charge on any atom is -0.494 e. The molecule has 0 spiro atoms. The summed E-state index contributed by atoms with van der Waals surface area (Å²) in [5.74, 6) is -0.873. The highest BCUT2D eigenvalue weighted by atomic mass is 35.5. The number of pyridine rings is 1. The van der Waals surface area contributed by atoms with Crippen LogP contribution < -0.4 is 15.5 Å². The molecule has 0 atom stereocenters. The summed E-state index contributed by atoms with van der Waals surface area (Å²) in [7, 11) is 0. The van der Waals surface area contributed by atoms with E-state index in [0.29, 0.717) is 28.6 Å². The van der Waals surface area contributed by atoms with Crippen molar-refractivity contribution in [1.82, 2.24) is 4.57 Å². The normalized spacial score (nSPS) is 10.8. The van der Waals surface area contributed by atoms with E-state index in [1.54, 1.807) is 24.3 Å². The van der Waals surface area contributed by atoms with Gasteiger partial charge in [0.1, 0.15) is 18.1 Å². The number of nitrogens with one attached hydrogen (secondary N) is 1. The first kappa shape index (κ1) is 23.2. The summed E-state index contributed by atoms with van der Waals surface area (Å²) in [6.45, 7) is 2.21. The third-order valence-electron chi connectivity index (χ3n) is 5.16. The van der Waals surface area contributed by atoms with Crippen molar-refractivity contribution in [3.63, 3.8) is 0 Å². The van der Waals surface area contributed by atoms with E-state index >= 15 is 0 Å². The predicted octanol–water partition coefficient (Wildman–Crippen LogP) is 5.06. The smallest absolute Gasteiger partial charge is 0.244 e. The molecule has 0 bridgehead atoms. The van der Waals surface area contributed by atoms with Crippen LogP contribution in [-0.4, -0.2) is 22.9 Å². The average Bonchev–Trinajstić information content (AvgIpc) is 2.82. The molecule has 0 fully saturated rings. The van der Waals surface area contributed by atoms with Gasteiger partial charge in [-0.2, -0.15) is 0 Å². The van der Waals surface area contributed by atoms with E-state index in [1.807, 2.05) is 6.92 Å². The number of aromatic nitrogens is 1. The maximum Gasteiger partial charge on any atom is 0.244 e. The molecule has 0 aliphatic carbocycles. The molecule has 0 saturated heterocycles. The molecule has 0 unspecified atom stereocenters. The Morgan fingerprint density at radius 3 is 2.41 bits per heavy atom. The minimum absolute atomic E-state index is 0.00804. The molecular weight excluding hydrogens is 459 g/mol. The van der Waals surface area contributed by atoms with E-state index in [4.69, 9.17) is 16.3 Å². The molecule has 0 saturated carbocycles. The predicted molar refractivity (Wildman–Crippen MR) is 129 cm³/mol. The third kappa shape index (κ3) is 5.00. The maximum atomic E-state index is 13.9. The van der Waals surface area contributed by atoms with Crippen LogP contribution in [-0.2, 0) is 11.3 Å². The van der Waals surface area contributed by atoms with Gasteiger partial charge in [-0.1, -0.05) is 11.6 Å². The van der Waals surface area contributed by atoms with Gasteiger partial charge in [0, 0.05) is 27.9 Å². The van der Waals surface area contributed by atoms with Gasteiger partial charge in [-0.3, -0.25) is 14.4 Å². The first-order valence-electron chi connectivity index (χ1n) is 10.5. The Hall–Kier alpha value is -3.97. The van der Waals surface area contributed by atoms with Crippen LogP contribution in [0.2, 0.25) is 5.02 Å². The van der Waals surface area contributed by atoms with Gasteiger partial charge >= 0.3 is 0 Å². The molecule has 1 N–H and O–H groups in total. The van der Waals surface area contributed by atoms with Crippen LogP contribution >= 0.6 is 11.6 Å². The number of carbonyl (C=O) groups excluding carboxylic acids is 2. The van der Waals surface area contributed by atoms with Gasteiger partial charge in [-0.15, -0.1) is 0 Å². The molecule has 6 nitrogen and oxygen atoms in total. The fourth-order valence-corrected chi connectivity index (χ4v) is 3.70. The molecule has 172 valence electrons. The van der Waals surface area contributed by atoms with Gasteiger partial charge in [0.05, 0.1) is 17.7 Å². The van der Waals surface area contributed by atoms with Crippen LogP contribution in [0.25, 0.3) is 10.9 Å². The summed E-state index contributed by atoms with van der Waals surface area (Å²) >= 11 is 5.89. The molecule has 3 aromatic carbocycles. The number of halogens is 2. The van der Waals surface area contributed by atoms with Crippen LogP contribution in [0.3, 0.4) is 0 Å². The number of amides is 1. The molecule has 0 aliphatic rings. The van der Waals surface area contributed by atoms with E-state index < -0.39 is 17.0 Å². The van der Waals surface area contributed by atoms with Gasteiger partial charge < -0.3 is 14.6 Å². The van der Waals surface area contributed by atoms with Crippen molar-refractivity contribution in [2.75, 3.05) is 11.9 Å². The lowest BCUT2D eigenvalue weighted by Gasteiger charge is -2.14. The first-order valence-corrected chi connectivity index (χ1v) is 10.9. The van der Waals surface area contributed by atoms with Crippen LogP contribution in [0.4, 0.5) is 10.1 Å². The number of nitrogens with zero attached hydrogens (tertiary/aromatic N) is 1. The van der Waals surface area contributed by atoms with Crippen molar-refractivity contribution in [2.45, 2.75) is 13.5 Å². The third-order valence-corrected chi connectivity index (χ3v) is 5.41. The zero-order chi connectivity index (χ0) is 24.2. The van der Waals surface area contributed by atoms with Crippen molar-refractivity contribution < 1.29 is 18.7 Å². The van der Waals surface area contributed by atoms with Gasteiger partial charge in [-0.25, -0.2) is 4.39 Å². The number of carbonyl (C=O) groups is 2. The summed E-state index contributed by atoms with van der Waals surface area (Å²) in [5.41, 5.74) is 0.359. The summed E-state index contributed by atoms with van der Waals surface area (Å²) in [6, 6.07) is 16.6. The lowest BCUT2D eigenvalue weighted by Crippen LogP contribution is -2.24. The Bertz CT molecular complexity index is 1430. The zero-order valence-corrected chi connectivity index (χ0v) is 18.9. The van der Waals surface area contributed by atoms with Gasteiger partial charge in [0.15, 0.2) is 5.78 Å². The van der Waals surface area contributed by atoms with Crippen molar-refractivity contribution >= 4 is 39.9 Å². The quantitative estimate of drug-likeness (QED) is 0.376. The van der Waals surface area contributed by atoms with Gasteiger partial charge in [0.2, 0.25) is 11.3 Å². The molecule has 1 heterocycles. The van der Waals surface area contributed by atoms with Crippen LogP contribution in [0.5, 0.6) is 5.75 Å². The Kier molecular flexibility index (Phi) is 6.75. The van der Waals surface area contributed by atoms with Crippen molar-refractivity contribution in [3.05, 3.63) is 105 Å². The van der Waals surface area contributed by atoms with Crippen molar-refractivity contribution in [3.8, 4) is 5.75 Å². The molecule has 8 heteroatoms. The Morgan fingerprint density at radius 2 is 1.74 bits per heavy atom. The second kappa shape index (κ2) is 9.89. The summed E-state index contributed by atoms with van der Waals surface area (Å²) < 4.78 is 20.8. The highest BCUT2D eigenvalue weighted by Gasteiger charge is 2.19. The van der Waals surface area contributed by atoms with E-state index in [2.05, 4.69) is 5.32 Å². The molecule has 1 amide bonds. The van der Waals surface area contributed by atoms with Crippen molar-refractivity contribution in [2.24, 2.45) is 0 Å². The Morgan fingerprint density at radius 1 is 1.03 bits per heavy atom. The van der Waals surface area contributed by atoms with E-state index in [0.717, 1.165) is 6.07 Å². The molecule has 4 aromatic rings. The fourth-order valence-electron chi connectivity index (χ4n) is 3.58. The summed E-state index contributed by atoms with van der Waals surface area (Å²) in [4.78, 5) is 38.9. The SMILES string of the molecule is CCOc1ccc(NC(=O)Cn2cc(C(=O)c3ccc(Cl)cc3)c(=O)c3cc(F)ccc32)cc1. The number of ketones is 1. The maximum absolute atomic E-state index is 13.9. The number of fused-ring (bicyclic) bond motifs is 1. The lowest BCUT2D eigenvalue weighted by molar-refractivity contribution is -0.116.